The average molecular weight is 323 g/mol. The van der Waals surface area contributed by atoms with Gasteiger partial charge in [0.25, 0.3) is 0 Å². The van der Waals surface area contributed by atoms with Crippen molar-refractivity contribution >= 4 is 15.6 Å². The second kappa shape index (κ2) is 6.23. The first-order valence-corrected chi connectivity index (χ1v) is 8.25. The molecule has 116 valence electrons. The lowest BCUT2D eigenvalue weighted by molar-refractivity contribution is 0.101. The minimum absolute atomic E-state index is 0.0126. The summed E-state index contributed by atoms with van der Waals surface area (Å²) in [6.45, 7) is 1.30. The molecule has 0 aliphatic rings. The van der Waals surface area contributed by atoms with Crippen molar-refractivity contribution in [1.82, 2.24) is 4.98 Å². The van der Waals surface area contributed by atoms with Gasteiger partial charge in [0.2, 0.25) is 5.88 Å². The summed E-state index contributed by atoms with van der Waals surface area (Å²) in [4.78, 5) is 15.4. The van der Waals surface area contributed by atoms with Gasteiger partial charge in [-0.2, -0.15) is 0 Å². The third-order valence-corrected chi connectivity index (χ3v) is 4.01. The molecule has 0 radical (unpaired) electrons. The van der Waals surface area contributed by atoms with E-state index < -0.39 is 15.7 Å². The van der Waals surface area contributed by atoms with E-state index in [1.165, 1.54) is 19.1 Å². The molecule has 0 amide bonds. The van der Waals surface area contributed by atoms with Gasteiger partial charge in [0, 0.05) is 6.26 Å². The molecule has 1 aromatic carbocycles. The lowest BCUT2D eigenvalue weighted by atomic mass is 10.2. The van der Waals surface area contributed by atoms with Crippen molar-refractivity contribution in [3.05, 3.63) is 53.5 Å². The maximum absolute atomic E-state index is 13.1. The molecule has 0 unspecified atom stereocenters. The Balaban J connectivity index is 2.23. The maximum atomic E-state index is 13.1. The Hall–Kier alpha value is -2.28. The standard InChI is InChI=1S/C15H14FNO4S/c1-10(18)14-7-12(16)8-17-15(14)21-9-11-4-3-5-13(6-11)22(2,19)20/h3-8H,9H2,1-2H3. The van der Waals surface area contributed by atoms with Gasteiger partial charge in [0.15, 0.2) is 15.6 Å². The molecule has 0 aliphatic heterocycles. The molecule has 2 aromatic rings. The highest BCUT2D eigenvalue weighted by molar-refractivity contribution is 7.90. The summed E-state index contributed by atoms with van der Waals surface area (Å²) < 4.78 is 41.5. The lowest BCUT2D eigenvalue weighted by Gasteiger charge is -2.09. The number of aromatic nitrogens is 1. The number of pyridine rings is 1. The number of sulfone groups is 1. The van der Waals surface area contributed by atoms with Crippen LogP contribution in [0.4, 0.5) is 4.39 Å². The van der Waals surface area contributed by atoms with Crippen LogP contribution in [0, 0.1) is 5.82 Å². The molecule has 0 aliphatic carbocycles. The van der Waals surface area contributed by atoms with Crippen molar-refractivity contribution in [3.63, 3.8) is 0 Å². The van der Waals surface area contributed by atoms with Gasteiger partial charge in [0.05, 0.1) is 16.7 Å². The number of hydrogen-bond donors (Lipinski definition) is 0. The first-order chi connectivity index (χ1) is 10.3. The second-order valence-electron chi connectivity index (χ2n) is 4.77. The highest BCUT2D eigenvalue weighted by atomic mass is 32.2. The van der Waals surface area contributed by atoms with Crippen molar-refractivity contribution in [1.29, 1.82) is 0 Å². The predicted molar refractivity (Wildman–Crippen MR) is 78.1 cm³/mol. The lowest BCUT2D eigenvalue weighted by Crippen LogP contribution is -2.05. The van der Waals surface area contributed by atoms with E-state index in [0.29, 0.717) is 5.56 Å². The summed E-state index contributed by atoms with van der Waals surface area (Å²) in [7, 11) is -3.31. The van der Waals surface area contributed by atoms with Crippen LogP contribution in [0.2, 0.25) is 0 Å². The average Bonchev–Trinajstić information content (AvgIpc) is 2.45. The van der Waals surface area contributed by atoms with Gasteiger partial charge in [-0.15, -0.1) is 0 Å². The van der Waals surface area contributed by atoms with Crippen LogP contribution >= 0.6 is 0 Å². The SMILES string of the molecule is CC(=O)c1cc(F)cnc1OCc1cccc(S(C)(=O)=O)c1. The number of benzene rings is 1. The van der Waals surface area contributed by atoms with Crippen molar-refractivity contribution in [3.8, 4) is 5.88 Å². The van der Waals surface area contributed by atoms with E-state index in [2.05, 4.69) is 4.98 Å². The van der Waals surface area contributed by atoms with E-state index in [1.54, 1.807) is 12.1 Å². The van der Waals surface area contributed by atoms with E-state index >= 15 is 0 Å². The van der Waals surface area contributed by atoms with Gasteiger partial charge in [-0.1, -0.05) is 12.1 Å². The normalized spacial score (nSPS) is 11.2. The Morgan fingerprint density at radius 2 is 2.05 bits per heavy atom. The van der Waals surface area contributed by atoms with Crippen LogP contribution in [0.15, 0.2) is 41.4 Å². The Kier molecular flexibility index (Phi) is 4.56. The topological polar surface area (TPSA) is 73.3 Å². The molecule has 0 bridgehead atoms. The first-order valence-electron chi connectivity index (χ1n) is 6.35. The predicted octanol–water partition coefficient (Wildman–Crippen LogP) is 2.41. The highest BCUT2D eigenvalue weighted by Crippen LogP contribution is 2.19. The van der Waals surface area contributed by atoms with E-state index in [-0.39, 0.29) is 28.7 Å². The molecule has 0 N–H and O–H groups in total. The highest BCUT2D eigenvalue weighted by Gasteiger charge is 2.13. The fourth-order valence-electron chi connectivity index (χ4n) is 1.81. The fraction of sp³-hybridized carbons (Fsp3) is 0.200. The number of carbonyl (C=O) groups is 1. The number of rotatable bonds is 5. The van der Waals surface area contributed by atoms with Crippen molar-refractivity contribution in [2.75, 3.05) is 6.26 Å². The molecule has 1 aromatic heterocycles. The van der Waals surface area contributed by atoms with Gasteiger partial charge in [-0.3, -0.25) is 4.79 Å². The Morgan fingerprint density at radius 3 is 2.68 bits per heavy atom. The smallest absolute Gasteiger partial charge is 0.224 e. The molecule has 5 nitrogen and oxygen atoms in total. The van der Waals surface area contributed by atoms with Gasteiger partial charge < -0.3 is 4.74 Å². The Morgan fingerprint density at radius 1 is 1.32 bits per heavy atom. The number of ketones is 1. The van der Waals surface area contributed by atoms with Gasteiger partial charge in [-0.05, 0) is 30.7 Å². The zero-order chi connectivity index (χ0) is 16.3. The quantitative estimate of drug-likeness (QED) is 0.790. The second-order valence-corrected chi connectivity index (χ2v) is 6.79. The Labute approximate surface area is 127 Å². The van der Waals surface area contributed by atoms with E-state index in [0.717, 1.165) is 18.5 Å². The zero-order valence-electron chi connectivity index (χ0n) is 12.0. The van der Waals surface area contributed by atoms with Gasteiger partial charge in [-0.25, -0.2) is 17.8 Å². The number of halogens is 1. The van der Waals surface area contributed by atoms with Gasteiger partial charge >= 0.3 is 0 Å². The van der Waals surface area contributed by atoms with E-state index in [4.69, 9.17) is 4.74 Å². The summed E-state index contributed by atoms with van der Waals surface area (Å²) in [6.07, 6.45) is 2.07. The third-order valence-electron chi connectivity index (χ3n) is 2.90. The first kappa shape index (κ1) is 16.1. The maximum Gasteiger partial charge on any atom is 0.224 e. The molecule has 1 heterocycles. The summed E-state index contributed by atoms with van der Waals surface area (Å²) >= 11 is 0. The van der Waals surface area contributed by atoms with Crippen LogP contribution < -0.4 is 4.74 Å². The van der Waals surface area contributed by atoms with Crippen LogP contribution in [0.3, 0.4) is 0 Å². The molecular formula is C15H14FNO4S. The van der Waals surface area contributed by atoms with Crippen molar-refractivity contribution < 1.29 is 22.3 Å². The number of Topliss-reactive ketones (excluding diaryl/α,β-unsaturated/α-hetero) is 1. The third kappa shape index (κ3) is 3.88. The molecule has 2 rings (SSSR count). The largest absolute Gasteiger partial charge is 0.472 e. The van der Waals surface area contributed by atoms with E-state index in [9.17, 15) is 17.6 Å². The summed E-state index contributed by atoms with van der Waals surface area (Å²) in [5.74, 6) is -0.984. The fourth-order valence-corrected chi connectivity index (χ4v) is 2.50. The van der Waals surface area contributed by atoms with Crippen LogP contribution in [0.25, 0.3) is 0 Å². The summed E-state index contributed by atoms with van der Waals surface area (Å²) in [6, 6.07) is 7.30. The molecule has 0 spiro atoms. The summed E-state index contributed by atoms with van der Waals surface area (Å²) in [5, 5.41) is 0. The molecular weight excluding hydrogens is 309 g/mol. The minimum atomic E-state index is -3.31. The monoisotopic (exact) mass is 323 g/mol. The molecule has 0 saturated carbocycles. The molecule has 0 saturated heterocycles. The van der Waals surface area contributed by atoms with Gasteiger partial charge in [0.1, 0.15) is 12.4 Å². The summed E-state index contributed by atoms with van der Waals surface area (Å²) in [5.41, 5.74) is 0.641. The number of hydrogen-bond acceptors (Lipinski definition) is 5. The number of carbonyl (C=O) groups excluding carboxylic acids is 1. The molecule has 0 fully saturated rings. The minimum Gasteiger partial charge on any atom is -0.472 e. The van der Waals surface area contributed by atoms with E-state index in [1.807, 2.05) is 0 Å². The van der Waals surface area contributed by atoms with Crippen LogP contribution in [0.1, 0.15) is 22.8 Å². The van der Waals surface area contributed by atoms with Crippen LogP contribution in [-0.2, 0) is 16.4 Å². The van der Waals surface area contributed by atoms with Crippen molar-refractivity contribution in [2.45, 2.75) is 18.4 Å². The Bertz CT molecular complexity index is 818. The zero-order valence-corrected chi connectivity index (χ0v) is 12.9. The number of ether oxygens (including phenoxy) is 1. The van der Waals surface area contributed by atoms with Crippen LogP contribution in [0.5, 0.6) is 5.88 Å². The number of nitrogens with zero attached hydrogens (tertiary/aromatic N) is 1. The van der Waals surface area contributed by atoms with Crippen molar-refractivity contribution in [2.24, 2.45) is 0 Å². The molecule has 22 heavy (non-hydrogen) atoms. The molecule has 7 heteroatoms. The molecule has 0 atom stereocenters. The van der Waals surface area contributed by atoms with Crippen LogP contribution in [-0.4, -0.2) is 25.4 Å².